The number of benzene rings is 1. The molecule has 3 nitrogen and oxygen atoms in total. The van der Waals surface area contributed by atoms with Gasteiger partial charge in [-0.1, -0.05) is 34.1 Å². The third-order valence-electron chi connectivity index (χ3n) is 2.31. The normalized spacial score (nSPS) is 12.6. The highest BCUT2D eigenvalue weighted by atomic mass is 79.9. The van der Waals surface area contributed by atoms with Crippen molar-refractivity contribution in [1.29, 1.82) is 0 Å². The number of rotatable bonds is 6. The van der Waals surface area contributed by atoms with Crippen LogP contribution in [0.3, 0.4) is 0 Å². The third-order valence-corrected chi connectivity index (χ3v) is 4.50. The Hall–Kier alpha value is -0.600. The minimum Gasteiger partial charge on any atom is -0.212 e. The van der Waals surface area contributed by atoms with Crippen molar-refractivity contribution in [3.63, 3.8) is 0 Å². The highest BCUT2D eigenvalue weighted by molar-refractivity contribution is 9.10. The molecule has 1 aromatic carbocycles. The third kappa shape index (κ3) is 6.93. The summed E-state index contributed by atoms with van der Waals surface area (Å²) in [4.78, 5) is 0. The Morgan fingerprint density at radius 2 is 1.84 bits per heavy atom. The van der Waals surface area contributed by atoms with Crippen molar-refractivity contribution in [2.24, 2.45) is 0 Å². The Morgan fingerprint density at radius 1 is 1.21 bits per heavy atom. The first kappa shape index (κ1) is 16.5. The zero-order valence-electron chi connectivity index (χ0n) is 9.87. The summed E-state index contributed by atoms with van der Waals surface area (Å²) in [5, 5.41) is 0. The van der Waals surface area contributed by atoms with E-state index in [0.717, 1.165) is 10.0 Å². The number of hydrogen-bond donors (Lipinski definition) is 1. The van der Waals surface area contributed by atoms with Crippen LogP contribution in [0.25, 0.3) is 0 Å². The standard InChI is InChI=1S/C11H13BrF3NO2S/c12-10-5-2-1-4-9(10)8-16-19(17,18)7-3-6-11(13,14)15/h1-2,4-5,16H,3,6-8H2. The quantitative estimate of drug-likeness (QED) is 0.847. The summed E-state index contributed by atoms with van der Waals surface area (Å²) >= 11 is 3.26. The highest BCUT2D eigenvalue weighted by Crippen LogP contribution is 2.21. The van der Waals surface area contributed by atoms with E-state index >= 15 is 0 Å². The molecule has 0 radical (unpaired) electrons. The monoisotopic (exact) mass is 359 g/mol. The van der Waals surface area contributed by atoms with Crippen LogP contribution in [0.5, 0.6) is 0 Å². The molecule has 0 atom stereocenters. The average Bonchev–Trinajstić information content (AvgIpc) is 2.26. The number of hydrogen-bond acceptors (Lipinski definition) is 2. The van der Waals surface area contributed by atoms with E-state index in [1.165, 1.54) is 0 Å². The molecule has 0 amide bonds. The van der Waals surface area contributed by atoms with Crippen LogP contribution >= 0.6 is 15.9 Å². The lowest BCUT2D eigenvalue weighted by molar-refractivity contribution is -0.134. The van der Waals surface area contributed by atoms with Crippen LogP contribution in [0.4, 0.5) is 13.2 Å². The predicted octanol–water partition coefficient (Wildman–Crippen LogP) is 3.21. The lowest BCUT2D eigenvalue weighted by Crippen LogP contribution is -2.26. The van der Waals surface area contributed by atoms with Gasteiger partial charge in [0.2, 0.25) is 10.0 Å². The highest BCUT2D eigenvalue weighted by Gasteiger charge is 2.27. The first-order valence-electron chi connectivity index (χ1n) is 5.47. The van der Waals surface area contributed by atoms with Gasteiger partial charge in [-0.05, 0) is 18.1 Å². The largest absolute Gasteiger partial charge is 0.389 e. The molecule has 1 rings (SSSR count). The molecule has 108 valence electrons. The molecule has 0 saturated carbocycles. The van der Waals surface area contributed by atoms with Crippen molar-refractivity contribution in [3.8, 4) is 0 Å². The minimum absolute atomic E-state index is 0.0514. The van der Waals surface area contributed by atoms with E-state index in [1.807, 2.05) is 0 Å². The van der Waals surface area contributed by atoms with Gasteiger partial charge < -0.3 is 0 Å². The molecule has 0 heterocycles. The van der Waals surface area contributed by atoms with Gasteiger partial charge >= 0.3 is 6.18 Å². The van der Waals surface area contributed by atoms with E-state index < -0.39 is 34.8 Å². The fraction of sp³-hybridized carbons (Fsp3) is 0.455. The van der Waals surface area contributed by atoms with E-state index in [9.17, 15) is 21.6 Å². The lowest BCUT2D eigenvalue weighted by atomic mass is 10.2. The molecule has 0 unspecified atom stereocenters. The van der Waals surface area contributed by atoms with E-state index in [4.69, 9.17) is 0 Å². The maximum absolute atomic E-state index is 11.9. The number of halogens is 4. The van der Waals surface area contributed by atoms with Gasteiger partial charge in [0, 0.05) is 17.4 Å². The van der Waals surface area contributed by atoms with E-state index in [1.54, 1.807) is 24.3 Å². The van der Waals surface area contributed by atoms with Gasteiger partial charge in [-0.25, -0.2) is 13.1 Å². The molecule has 0 spiro atoms. The molecule has 0 saturated heterocycles. The van der Waals surface area contributed by atoms with Crippen molar-refractivity contribution >= 4 is 26.0 Å². The summed E-state index contributed by atoms with van der Waals surface area (Å²) in [6.07, 6.45) is -5.85. The molecule has 0 bridgehead atoms. The van der Waals surface area contributed by atoms with Gasteiger partial charge in [-0.15, -0.1) is 0 Å². The topological polar surface area (TPSA) is 46.2 Å². The predicted molar refractivity (Wildman–Crippen MR) is 70.1 cm³/mol. The molecular formula is C11H13BrF3NO2S. The fourth-order valence-corrected chi connectivity index (χ4v) is 2.83. The molecule has 0 aliphatic carbocycles. The Morgan fingerprint density at radius 3 is 2.42 bits per heavy atom. The number of sulfonamides is 1. The average molecular weight is 360 g/mol. The van der Waals surface area contributed by atoms with Crippen LogP contribution in [0.2, 0.25) is 0 Å². The molecule has 0 aromatic heterocycles. The van der Waals surface area contributed by atoms with Crippen LogP contribution in [0.1, 0.15) is 18.4 Å². The summed E-state index contributed by atoms with van der Waals surface area (Å²) in [5.41, 5.74) is 0.724. The van der Waals surface area contributed by atoms with Gasteiger partial charge in [-0.3, -0.25) is 0 Å². The molecule has 0 aliphatic heterocycles. The van der Waals surface area contributed by atoms with Crippen LogP contribution in [-0.4, -0.2) is 20.3 Å². The second-order valence-electron chi connectivity index (χ2n) is 3.95. The lowest BCUT2D eigenvalue weighted by Gasteiger charge is -2.09. The molecule has 0 aliphatic rings. The Balaban J connectivity index is 2.46. The van der Waals surface area contributed by atoms with E-state index in [0.29, 0.717) is 0 Å². The summed E-state index contributed by atoms with van der Waals surface area (Å²) in [5.74, 6) is -0.531. The van der Waals surface area contributed by atoms with Crippen molar-refractivity contribution in [1.82, 2.24) is 4.72 Å². The Labute approximate surface area is 118 Å². The Kier molecular flexibility index (Phi) is 5.82. The second-order valence-corrected chi connectivity index (χ2v) is 6.73. The molecular weight excluding hydrogens is 347 g/mol. The summed E-state index contributed by atoms with van der Waals surface area (Å²) in [7, 11) is -3.69. The molecule has 1 N–H and O–H groups in total. The van der Waals surface area contributed by atoms with Gasteiger partial charge in [0.1, 0.15) is 0 Å². The summed E-state index contributed by atoms with van der Waals surface area (Å²) in [6.45, 7) is 0.0514. The van der Waals surface area contributed by atoms with E-state index in [-0.39, 0.29) is 6.54 Å². The smallest absolute Gasteiger partial charge is 0.212 e. The van der Waals surface area contributed by atoms with Crippen LogP contribution in [0.15, 0.2) is 28.7 Å². The van der Waals surface area contributed by atoms with Gasteiger partial charge in [0.05, 0.1) is 5.75 Å². The molecule has 1 aromatic rings. The van der Waals surface area contributed by atoms with Crippen molar-refractivity contribution in [2.75, 3.05) is 5.75 Å². The second kappa shape index (κ2) is 6.71. The minimum atomic E-state index is -4.32. The van der Waals surface area contributed by atoms with Gasteiger partial charge in [-0.2, -0.15) is 13.2 Å². The van der Waals surface area contributed by atoms with Crippen molar-refractivity contribution in [3.05, 3.63) is 34.3 Å². The van der Waals surface area contributed by atoms with Gasteiger partial charge in [0.15, 0.2) is 0 Å². The first-order valence-corrected chi connectivity index (χ1v) is 7.92. The SMILES string of the molecule is O=S(=O)(CCCC(F)(F)F)NCc1ccccc1Br. The molecule has 19 heavy (non-hydrogen) atoms. The summed E-state index contributed by atoms with van der Waals surface area (Å²) in [6, 6.07) is 7.01. The van der Waals surface area contributed by atoms with E-state index in [2.05, 4.69) is 20.7 Å². The fourth-order valence-electron chi connectivity index (χ4n) is 1.36. The number of alkyl halides is 3. The maximum Gasteiger partial charge on any atom is 0.389 e. The van der Waals surface area contributed by atoms with Crippen LogP contribution in [-0.2, 0) is 16.6 Å². The van der Waals surface area contributed by atoms with Crippen molar-refractivity contribution < 1.29 is 21.6 Å². The van der Waals surface area contributed by atoms with Gasteiger partial charge in [0.25, 0.3) is 0 Å². The zero-order chi connectivity index (χ0) is 14.5. The summed E-state index contributed by atoms with van der Waals surface area (Å²) < 4.78 is 61.8. The first-order chi connectivity index (χ1) is 8.70. The van der Waals surface area contributed by atoms with Crippen molar-refractivity contribution in [2.45, 2.75) is 25.6 Å². The van der Waals surface area contributed by atoms with Crippen LogP contribution < -0.4 is 4.72 Å². The zero-order valence-corrected chi connectivity index (χ0v) is 12.3. The maximum atomic E-state index is 11.9. The molecule has 8 heteroatoms. The van der Waals surface area contributed by atoms with Crippen LogP contribution in [0, 0.1) is 0 Å². The number of nitrogens with one attached hydrogen (secondary N) is 1. The molecule has 0 fully saturated rings. The Bertz CT molecular complexity index is 517.